The van der Waals surface area contributed by atoms with Gasteiger partial charge < -0.3 is 9.64 Å². The molecule has 126 valence electrons. The van der Waals surface area contributed by atoms with Crippen molar-refractivity contribution >= 4 is 12.0 Å². The predicted octanol–water partition coefficient (Wildman–Crippen LogP) is 2.41. The van der Waals surface area contributed by atoms with Gasteiger partial charge in [-0.25, -0.2) is 4.79 Å². The van der Waals surface area contributed by atoms with Crippen molar-refractivity contribution in [1.82, 2.24) is 9.80 Å². The number of carbonyl (C=O) groups excluding carboxylic acids is 2. The number of hydrogen-bond donors (Lipinski definition) is 0. The van der Waals surface area contributed by atoms with Crippen molar-refractivity contribution in [2.24, 2.45) is 5.92 Å². The van der Waals surface area contributed by atoms with Gasteiger partial charge in [-0.2, -0.15) is 13.2 Å². The molecule has 2 aliphatic rings. The molecule has 2 atom stereocenters. The lowest BCUT2D eigenvalue weighted by Gasteiger charge is -2.34. The van der Waals surface area contributed by atoms with Crippen LogP contribution in [0.2, 0.25) is 0 Å². The smallest absolute Gasteiger partial charge is 0.422 e. The average molecular weight is 322 g/mol. The molecule has 0 spiro atoms. The Morgan fingerprint density at radius 1 is 1.18 bits per heavy atom. The number of likely N-dealkylation sites (tertiary alicyclic amines) is 2. The number of ether oxygens (including phenoxy) is 1. The zero-order valence-corrected chi connectivity index (χ0v) is 12.6. The van der Waals surface area contributed by atoms with Crippen LogP contribution in [-0.2, 0) is 9.53 Å². The van der Waals surface area contributed by atoms with Crippen LogP contribution in [-0.4, -0.2) is 60.3 Å². The van der Waals surface area contributed by atoms with Crippen LogP contribution in [0.1, 0.15) is 32.6 Å². The van der Waals surface area contributed by atoms with E-state index >= 15 is 0 Å². The standard InChI is InChI=1S/C14H21F3N2O3/c1-10-4-2-6-18(8-10)12(20)11-5-3-7-19(11)13(21)22-9-14(15,16)17/h10-11H,2-9H2,1H3/t10-,11-/m0/s1. The molecule has 2 fully saturated rings. The first kappa shape index (κ1) is 16.9. The summed E-state index contributed by atoms with van der Waals surface area (Å²) in [7, 11) is 0. The second-order valence-electron chi connectivity index (χ2n) is 6.05. The molecule has 2 heterocycles. The van der Waals surface area contributed by atoms with Crippen LogP contribution in [0.15, 0.2) is 0 Å². The van der Waals surface area contributed by atoms with Crippen LogP contribution < -0.4 is 0 Å². The summed E-state index contributed by atoms with van der Waals surface area (Å²) < 4.78 is 40.6. The molecule has 5 nitrogen and oxygen atoms in total. The normalized spacial score (nSPS) is 26.2. The molecule has 0 bridgehead atoms. The van der Waals surface area contributed by atoms with E-state index in [1.165, 1.54) is 0 Å². The molecule has 0 aromatic rings. The van der Waals surface area contributed by atoms with E-state index in [4.69, 9.17) is 0 Å². The molecule has 8 heteroatoms. The van der Waals surface area contributed by atoms with Crippen molar-refractivity contribution in [3.8, 4) is 0 Å². The Bertz CT molecular complexity index is 428. The summed E-state index contributed by atoms with van der Waals surface area (Å²) in [6.45, 7) is 1.98. The third-order valence-electron chi connectivity index (χ3n) is 4.10. The number of piperidine rings is 1. The lowest BCUT2D eigenvalue weighted by Crippen LogP contribution is -2.50. The minimum absolute atomic E-state index is 0.173. The first-order valence-electron chi connectivity index (χ1n) is 7.57. The summed E-state index contributed by atoms with van der Waals surface area (Å²) in [4.78, 5) is 27.2. The van der Waals surface area contributed by atoms with Gasteiger partial charge in [0.2, 0.25) is 5.91 Å². The molecule has 2 rings (SSSR count). The highest BCUT2D eigenvalue weighted by atomic mass is 19.4. The van der Waals surface area contributed by atoms with Gasteiger partial charge in [-0.3, -0.25) is 9.69 Å². The highest BCUT2D eigenvalue weighted by molar-refractivity contribution is 5.86. The minimum Gasteiger partial charge on any atom is -0.440 e. The highest BCUT2D eigenvalue weighted by Crippen LogP contribution is 2.24. The van der Waals surface area contributed by atoms with Gasteiger partial charge in [0.25, 0.3) is 0 Å². The predicted molar refractivity (Wildman–Crippen MR) is 72.1 cm³/mol. The van der Waals surface area contributed by atoms with Crippen LogP contribution >= 0.6 is 0 Å². The maximum Gasteiger partial charge on any atom is 0.422 e. The molecule has 0 saturated carbocycles. The van der Waals surface area contributed by atoms with Crippen molar-refractivity contribution in [3.63, 3.8) is 0 Å². The fraction of sp³-hybridized carbons (Fsp3) is 0.857. The van der Waals surface area contributed by atoms with Crippen LogP contribution in [0.4, 0.5) is 18.0 Å². The molecular weight excluding hydrogens is 301 g/mol. The maximum absolute atomic E-state index is 12.5. The number of hydrogen-bond acceptors (Lipinski definition) is 3. The average Bonchev–Trinajstić information content (AvgIpc) is 2.92. The van der Waals surface area contributed by atoms with E-state index in [0.29, 0.717) is 31.8 Å². The van der Waals surface area contributed by atoms with E-state index in [1.807, 2.05) is 0 Å². The van der Waals surface area contributed by atoms with Crippen LogP contribution in [0, 0.1) is 5.92 Å². The van der Waals surface area contributed by atoms with Crippen LogP contribution in [0.5, 0.6) is 0 Å². The summed E-state index contributed by atoms with van der Waals surface area (Å²) >= 11 is 0. The fourth-order valence-corrected chi connectivity index (χ4v) is 3.07. The molecule has 2 amide bonds. The minimum atomic E-state index is -4.56. The van der Waals surface area contributed by atoms with Gasteiger partial charge in [-0.05, 0) is 31.6 Å². The Labute approximate surface area is 127 Å². The molecule has 0 aromatic heterocycles. The monoisotopic (exact) mass is 322 g/mol. The first-order valence-corrected chi connectivity index (χ1v) is 7.57. The fourth-order valence-electron chi connectivity index (χ4n) is 3.07. The Hall–Kier alpha value is -1.47. The number of nitrogens with zero attached hydrogens (tertiary/aromatic N) is 2. The lowest BCUT2D eigenvalue weighted by molar-refractivity contribution is -0.163. The second-order valence-corrected chi connectivity index (χ2v) is 6.05. The van der Waals surface area contributed by atoms with Gasteiger partial charge in [-0.15, -0.1) is 0 Å². The van der Waals surface area contributed by atoms with Crippen molar-refractivity contribution in [3.05, 3.63) is 0 Å². The molecular formula is C14H21F3N2O3. The highest BCUT2D eigenvalue weighted by Gasteiger charge is 2.39. The van der Waals surface area contributed by atoms with Gasteiger partial charge in [0, 0.05) is 19.6 Å². The van der Waals surface area contributed by atoms with Gasteiger partial charge in [-0.1, -0.05) is 6.92 Å². The molecule has 0 aliphatic carbocycles. The summed E-state index contributed by atoms with van der Waals surface area (Å²) in [5.74, 6) is 0.234. The topological polar surface area (TPSA) is 49.9 Å². The van der Waals surface area contributed by atoms with Gasteiger partial charge in [0.15, 0.2) is 6.61 Å². The third-order valence-corrected chi connectivity index (χ3v) is 4.10. The van der Waals surface area contributed by atoms with Crippen LogP contribution in [0.3, 0.4) is 0 Å². The SMILES string of the molecule is C[C@H]1CCCN(C(=O)[C@@H]2CCCN2C(=O)OCC(F)(F)F)C1. The zero-order valence-electron chi connectivity index (χ0n) is 12.6. The third kappa shape index (κ3) is 4.27. The number of amides is 2. The maximum atomic E-state index is 12.5. The molecule has 0 radical (unpaired) electrons. The van der Waals surface area contributed by atoms with E-state index < -0.39 is 24.9 Å². The van der Waals surface area contributed by atoms with Gasteiger partial charge >= 0.3 is 12.3 Å². The summed E-state index contributed by atoms with van der Waals surface area (Å²) in [6.07, 6.45) is -2.56. The van der Waals surface area contributed by atoms with Gasteiger partial charge in [0.05, 0.1) is 0 Å². The Morgan fingerprint density at radius 2 is 1.86 bits per heavy atom. The first-order chi connectivity index (χ1) is 10.3. The Balaban J connectivity index is 1.94. The largest absolute Gasteiger partial charge is 0.440 e. The summed E-state index contributed by atoms with van der Waals surface area (Å²) in [6, 6.07) is -0.689. The van der Waals surface area contributed by atoms with E-state index in [-0.39, 0.29) is 12.5 Å². The van der Waals surface area contributed by atoms with E-state index in [1.54, 1.807) is 4.90 Å². The van der Waals surface area contributed by atoms with Gasteiger partial charge in [0.1, 0.15) is 6.04 Å². The number of carbonyl (C=O) groups is 2. The number of rotatable bonds is 2. The number of halogens is 3. The number of alkyl halides is 3. The van der Waals surface area contributed by atoms with Crippen molar-refractivity contribution in [2.75, 3.05) is 26.2 Å². The van der Waals surface area contributed by atoms with E-state index in [2.05, 4.69) is 11.7 Å². The molecule has 2 aliphatic heterocycles. The second kappa shape index (κ2) is 6.75. The van der Waals surface area contributed by atoms with E-state index in [0.717, 1.165) is 17.7 Å². The molecule has 0 unspecified atom stereocenters. The molecule has 0 N–H and O–H groups in total. The van der Waals surface area contributed by atoms with Crippen molar-refractivity contribution in [1.29, 1.82) is 0 Å². The molecule has 2 saturated heterocycles. The quantitative estimate of drug-likeness (QED) is 0.784. The Kier molecular flexibility index (Phi) is 5.18. The zero-order chi connectivity index (χ0) is 16.3. The van der Waals surface area contributed by atoms with Crippen molar-refractivity contribution < 1.29 is 27.5 Å². The molecule has 0 aromatic carbocycles. The lowest BCUT2D eigenvalue weighted by atomic mass is 9.99. The molecule has 22 heavy (non-hydrogen) atoms. The van der Waals surface area contributed by atoms with Crippen molar-refractivity contribution in [2.45, 2.75) is 44.8 Å². The summed E-state index contributed by atoms with van der Waals surface area (Å²) in [5, 5.41) is 0. The summed E-state index contributed by atoms with van der Waals surface area (Å²) in [5.41, 5.74) is 0. The van der Waals surface area contributed by atoms with Crippen LogP contribution in [0.25, 0.3) is 0 Å². The Morgan fingerprint density at radius 3 is 2.50 bits per heavy atom. The van der Waals surface area contributed by atoms with E-state index in [9.17, 15) is 22.8 Å².